The van der Waals surface area contributed by atoms with Gasteiger partial charge in [-0.25, -0.2) is 0 Å². The molecular formula is C4H7IO2. The highest BCUT2D eigenvalue weighted by Crippen LogP contribution is 1.82. The molecule has 0 atom stereocenters. The average molecular weight is 214 g/mol. The Labute approximate surface area is 56.4 Å². The van der Waals surface area contributed by atoms with Crippen LogP contribution in [0.2, 0.25) is 0 Å². The highest BCUT2D eigenvalue weighted by atomic mass is 127. The number of methoxy groups -OCH3 is 1. The maximum absolute atomic E-state index is 10.3. The predicted molar refractivity (Wildman–Crippen MR) is 35.8 cm³/mol. The molecule has 0 saturated heterocycles. The largest absolute Gasteiger partial charge is 0.377 e. The first-order chi connectivity index (χ1) is 3.31. The fraction of sp³-hybridized carbons (Fsp3) is 0.750. The van der Waals surface area contributed by atoms with Crippen molar-refractivity contribution in [3.63, 3.8) is 0 Å². The summed E-state index contributed by atoms with van der Waals surface area (Å²) in [6.45, 7) is 0.253. The van der Waals surface area contributed by atoms with Gasteiger partial charge in [-0.3, -0.25) is 4.79 Å². The van der Waals surface area contributed by atoms with Gasteiger partial charge in [0, 0.05) is 7.11 Å². The van der Waals surface area contributed by atoms with E-state index in [9.17, 15) is 4.79 Å². The number of halogens is 1. The van der Waals surface area contributed by atoms with Crippen molar-refractivity contribution in [2.45, 2.75) is 0 Å². The van der Waals surface area contributed by atoms with Gasteiger partial charge in [0.05, 0.1) is 4.43 Å². The van der Waals surface area contributed by atoms with Gasteiger partial charge >= 0.3 is 0 Å². The van der Waals surface area contributed by atoms with Crippen molar-refractivity contribution in [3.8, 4) is 0 Å². The SMILES string of the molecule is COCC(=O)CI. The van der Waals surface area contributed by atoms with Gasteiger partial charge in [0.15, 0.2) is 5.78 Å². The van der Waals surface area contributed by atoms with E-state index >= 15 is 0 Å². The highest BCUT2D eigenvalue weighted by molar-refractivity contribution is 14.1. The molecule has 0 aromatic carbocycles. The van der Waals surface area contributed by atoms with Crippen LogP contribution >= 0.6 is 22.6 Å². The van der Waals surface area contributed by atoms with E-state index in [1.807, 2.05) is 22.6 Å². The Hall–Kier alpha value is 0.360. The first-order valence-electron chi connectivity index (χ1n) is 1.88. The third-order valence-corrected chi connectivity index (χ3v) is 1.31. The molecule has 3 heteroatoms. The lowest BCUT2D eigenvalue weighted by molar-refractivity contribution is -0.119. The zero-order chi connectivity index (χ0) is 5.70. The lowest BCUT2D eigenvalue weighted by atomic mass is 10.5. The Morgan fingerprint density at radius 1 is 1.86 bits per heavy atom. The fourth-order valence-corrected chi connectivity index (χ4v) is 0.420. The summed E-state index contributed by atoms with van der Waals surface area (Å²) in [6, 6.07) is 0. The normalized spacial score (nSPS) is 8.86. The Balaban J connectivity index is 3.00. The summed E-state index contributed by atoms with van der Waals surface area (Å²) < 4.78 is 5.09. The molecule has 0 aliphatic rings. The quantitative estimate of drug-likeness (QED) is 0.508. The third kappa shape index (κ3) is 4.21. The zero-order valence-corrected chi connectivity index (χ0v) is 6.27. The van der Waals surface area contributed by atoms with Gasteiger partial charge in [0.25, 0.3) is 0 Å². The molecule has 7 heavy (non-hydrogen) atoms. The molecule has 0 unspecified atom stereocenters. The van der Waals surface area contributed by atoms with Gasteiger partial charge < -0.3 is 4.74 Å². The van der Waals surface area contributed by atoms with E-state index in [-0.39, 0.29) is 12.4 Å². The molecule has 0 fully saturated rings. The average Bonchev–Trinajstić information content (AvgIpc) is 1.68. The monoisotopic (exact) mass is 214 g/mol. The number of carbonyl (C=O) groups is 1. The molecule has 0 N–H and O–H groups in total. The van der Waals surface area contributed by atoms with Crippen LogP contribution in [-0.4, -0.2) is 23.9 Å². The molecule has 0 radical (unpaired) electrons. The van der Waals surface area contributed by atoms with Crippen molar-refractivity contribution < 1.29 is 9.53 Å². The standard InChI is InChI=1S/C4H7IO2/c1-7-3-4(6)2-5/h2-3H2,1H3. The van der Waals surface area contributed by atoms with Crippen LogP contribution in [0.5, 0.6) is 0 Å². The molecule has 0 bridgehead atoms. The van der Waals surface area contributed by atoms with Gasteiger partial charge in [-0.1, -0.05) is 22.6 Å². The van der Waals surface area contributed by atoms with Gasteiger partial charge in [0.1, 0.15) is 6.61 Å². The molecule has 0 amide bonds. The Morgan fingerprint density at radius 2 is 2.43 bits per heavy atom. The van der Waals surface area contributed by atoms with Crippen LogP contribution in [0.1, 0.15) is 0 Å². The predicted octanol–water partition coefficient (Wildman–Crippen LogP) is 0.637. The maximum atomic E-state index is 10.3. The second-order valence-electron chi connectivity index (χ2n) is 1.11. The number of hydrogen-bond donors (Lipinski definition) is 0. The van der Waals surface area contributed by atoms with E-state index in [0.29, 0.717) is 4.43 Å². The number of hydrogen-bond acceptors (Lipinski definition) is 2. The summed E-state index contributed by atoms with van der Waals surface area (Å²) >= 11 is 2.01. The minimum atomic E-state index is 0.142. The van der Waals surface area contributed by atoms with Crippen LogP contribution in [0.15, 0.2) is 0 Å². The van der Waals surface area contributed by atoms with Gasteiger partial charge in [0.2, 0.25) is 0 Å². The minimum Gasteiger partial charge on any atom is -0.377 e. The van der Waals surface area contributed by atoms with E-state index in [4.69, 9.17) is 0 Å². The summed E-state index contributed by atoms with van der Waals surface area (Å²) in [7, 11) is 1.52. The van der Waals surface area contributed by atoms with Crippen molar-refractivity contribution in [1.82, 2.24) is 0 Å². The number of alkyl halides is 1. The summed E-state index contributed by atoms with van der Waals surface area (Å²) in [4.78, 5) is 10.3. The first kappa shape index (κ1) is 7.36. The Bertz CT molecular complexity index is 62.7. The van der Waals surface area contributed by atoms with E-state index in [1.54, 1.807) is 0 Å². The molecule has 0 heterocycles. The fourth-order valence-electron chi connectivity index (χ4n) is 0.200. The molecule has 0 spiro atoms. The topological polar surface area (TPSA) is 26.3 Å². The summed E-state index contributed by atoms with van der Waals surface area (Å²) in [5, 5.41) is 0. The van der Waals surface area contributed by atoms with E-state index in [1.165, 1.54) is 7.11 Å². The molecule has 0 aliphatic carbocycles. The molecule has 0 aliphatic heterocycles. The van der Waals surface area contributed by atoms with Gasteiger partial charge in [-0.05, 0) is 0 Å². The first-order valence-corrected chi connectivity index (χ1v) is 3.40. The third-order valence-electron chi connectivity index (χ3n) is 0.454. The molecule has 42 valence electrons. The van der Waals surface area contributed by atoms with Crippen molar-refractivity contribution >= 4 is 28.4 Å². The van der Waals surface area contributed by atoms with E-state index in [0.717, 1.165) is 0 Å². The number of rotatable bonds is 3. The van der Waals surface area contributed by atoms with Crippen molar-refractivity contribution in [3.05, 3.63) is 0 Å². The smallest absolute Gasteiger partial charge is 0.168 e. The lowest BCUT2D eigenvalue weighted by Gasteiger charge is -1.88. The summed E-state index contributed by atoms with van der Waals surface area (Å²) in [6.07, 6.45) is 0. The van der Waals surface area contributed by atoms with Gasteiger partial charge in [-0.15, -0.1) is 0 Å². The number of carbonyl (C=O) groups excluding carboxylic acids is 1. The zero-order valence-electron chi connectivity index (χ0n) is 4.11. The minimum absolute atomic E-state index is 0.142. The van der Waals surface area contributed by atoms with Gasteiger partial charge in [-0.2, -0.15) is 0 Å². The van der Waals surface area contributed by atoms with Crippen molar-refractivity contribution in [1.29, 1.82) is 0 Å². The van der Waals surface area contributed by atoms with Crippen molar-refractivity contribution in [2.24, 2.45) is 0 Å². The molecule has 0 rings (SSSR count). The maximum Gasteiger partial charge on any atom is 0.168 e. The van der Waals surface area contributed by atoms with Crippen LogP contribution in [0.3, 0.4) is 0 Å². The van der Waals surface area contributed by atoms with Crippen LogP contribution in [0, 0.1) is 0 Å². The second kappa shape index (κ2) is 4.52. The molecule has 0 aromatic heterocycles. The van der Waals surface area contributed by atoms with Crippen LogP contribution in [0.25, 0.3) is 0 Å². The molecule has 0 saturated carbocycles. The number of ether oxygens (including phenoxy) is 1. The second-order valence-corrected chi connectivity index (χ2v) is 1.87. The van der Waals surface area contributed by atoms with E-state index < -0.39 is 0 Å². The summed E-state index contributed by atoms with van der Waals surface area (Å²) in [5.74, 6) is 0.142. The molecule has 0 aromatic rings. The van der Waals surface area contributed by atoms with Crippen LogP contribution < -0.4 is 0 Å². The van der Waals surface area contributed by atoms with E-state index in [2.05, 4.69) is 4.74 Å². The summed E-state index contributed by atoms with van der Waals surface area (Å²) in [5.41, 5.74) is 0. The lowest BCUT2D eigenvalue weighted by Crippen LogP contribution is -2.06. The Kier molecular flexibility index (Phi) is 4.75. The number of Topliss-reactive ketones (excluding diaryl/α,β-unsaturated/α-hetero) is 1. The molecule has 2 nitrogen and oxygen atoms in total. The number of ketones is 1. The highest BCUT2D eigenvalue weighted by Gasteiger charge is 1.93. The van der Waals surface area contributed by atoms with Crippen LogP contribution in [-0.2, 0) is 9.53 Å². The molecular weight excluding hydrogens is 207 g/mol. The van der Waals surface area contributed by atoms with Crippen LogP contribution in [0.4, 0.5) is 0 Å². The van der Waals surface area contributed by atoms with Crippen molar-refractivity contribution in [2.75, 3.05) is 18.1 Å². The Morgan fingerprint density at radius 3 is 2.57 bits per heavy atom.